The maximum absolute atomic E-state index is 13.5. The number of benzene rings is 2. The summed E-state index contributed by atoms with van der Waals surface area (Å²) in [6.45, 7) is 1.87. The van der Waals surface area contributed by atoms with E-state index >= 15 is 0 Å². The van der Waals surface area contributed by atoms with Gasteiger partial charge in [0, 0.05) is 6.04 Å². The molecule has 0 aliphatic rings. The summed E-state index contributed by atoms with van der Waals surface area (Å²) in [6.07, 6.45) is 0.358. The molecule has 3 heteroatoms. The third-order valence-electron chi connectivity index (χ3n) is 3.04. The van der Waals surface area contributed by atoms with E-state index < -0.39 is 6.04 Å². The standard InChI is InChI=1S/C15H15F2N/c1-10-6-7-12(16)9-13(10)15(18)8-11-4-2-3-5-14(11)17/h2-7,9,15H,8,18H2,1H3. The first-order chi connectivity index (χ1) is 8.58. The van der Waals surface area contributed by atoms with Crippen molar-refractivity contribution in [3.05, 3.63) is 70.8 Å². The Bertz CT molecular complexity index is 552. The van der Waals surface area contributed by atoms with Gasteiger partial charge < -0.3 is 5.73 Å². The monoisotopic (exact) mass is 247 g/mol. The van der Waals surface area contributed by atoms with E-state index in [1.54, 1.807) is 24.3 Å². The summed E-state index contributed by atoms with van der Waals surface area (Å²) >= 11 is 0. The third-order valence-corrected chi connectivity index (χ3v) is 3.04. The molecule has 2 aromatic carbocycles. The van der Waals surface area contributed by atoms with Crippen molar-refractivity contribution >= 4 is 0 Å². The Morgan fingerprint density at radius 2 is 1.83 bits per heavy atom. The van der Waals surface area contributed by atoms with Gasteiger partial charge in [-0.05, 0) is 48.2 Å². The maximum Gasteiger partial charge on any atom is 0.126 e. The molecule has 2 aromatic rings. The normalized spacial score (nSPS) is 12.4. The number of hydrogen-bond acceptors (Lipinski definition) is 1. The molecule has 0 aliphatic carbocycles. The SMILES string of the molecule is Cc1ccc(F)cc1C(N)Cc1ccccc1F. The minimum atomic E-state index is -0.405. The summed E-state index contributed by atoms with van der Waals surface area (Å²) in [4.78, 5) is 0. The Morgan fingerprint density at radius 1 is 1.11 bits per heavy atom. The molecule has 2 N–H and O–H groups in total. The van der Waals surface area contributed by atoms with E-state index in [9.17, 15) is 8.78 Å². The van der Waals surface area contributed by atoms with Crippen LogP contribution in [0.25, 0.3) is 0 Å². The van der Waals surface area contributed by atoms with Crippen LogP contribution in [0.5, 0.6) is 0 Å². The van der Waals surface area contributed by atoms with Gasteiger partial charge in [-0.25, -0.2) is 8.78 Å². The first-order valence-electron chi connectivity index (χ1n) is 5.83. The average molecular weight is 247 g/mol. The van der Waals surface area contributed by atoms with Crippen molar-refractivity contribution in [1.29, 1.82) is 0 Å². The summed E-state index contributed by atoms with van der Waals surface area (Å²) in [5.74, 6) is -0.596. The molecule has 0 aromatic heterocycles. The van der Waals surface area contributed by atoms with Crippen LogP contribution in [0.2, 0.25) is 0 Å². The van der Waals surface area contributed by atoms with Crippen molar-refractivity contribution in [3.63, 3.8) is 0 Å². The predicted octanol–water partition coefficient (Wildman–Crippen LogP) is 3.52. The Kier molecular flexibility index (Phi) is 3.72. The van der Waals surface area contributed by atoms with E-state index in [1.165, 1.54) is 18.2 Å². The van der Waals surface area contributed by atoms with Crippen molar-refractivity contribution in [2.75, 3.05) is 0 Å². The fraction of sp³-hybridized carbons (Fsp3) is 0.200. The zero-order valence-electron chi connectivity index (χ0n) is 10.2. The van der Waals surface area contributed by atoms with Crippen LogP contribution in [0, 0.1) is 18.6 Å². The summed E-state index contributed by atoms with van der Waals surface area (Å²) in [5.41, 5.74) is 8.22. The molecule has 1 nitrogen and oxygen atoms in total. The Hall–Kier alpha value is -1.74. The van der Waals surface area contributed by atoms with Gasteiger partial charge in [-0.1, -0.05) is 24.3 Å². The number of nitrogens with two attached hydrogens (primary N) is 1. The fourth-order valence-corrected chi connectivity index (χ4v) is 2.02. The molecule has 2 rings (SSSR count). The molecule has 0 saturated heterocycles. The molecule has 0 aliphatic heterocycles. The molecule has 0 amide bonds. The highest BCUT2D eigenvalue weighted by Crippen LogP contribution is 2.21. The summed E-state index contributed by atoms with van der Waals surface area (Å²) in [7, 11) is 0. The lowest BCUT2D eigenvalue weighted by atomic mass is 9.96. The van der Waals surface area contributed by atoms with Crippen molar-refractivity contribution in [3.8, 4) is 0 Å². The third kappa shape index (κ3) is 2.74. The van der Waals surface area contributed by atoms with Crippen LogP contribution in [-0.4, -0.2) is 0 Å². The second kappa shape index (κ2) is 5.27. The van der Waals surface area contributed by atoms with E-state index in [0.29, 0.717) is 12.0 Å². The van der Waals surface area contributed by atoms with E-state index in [0.717, 1.165) is 11.1 Å². The van der Waals surface area contributed by atoms with Gasteiger partial charge >= 0.3 is 0 Å². The molecule has 0 bridgehead atoms. The van der Waals surface area contributed by atoms with Gasteiger partial charge in [0.1, 0.15) is 11.6 Å². The number of rotatable bonds is 3. The summed E-state index contributed by atoms with van der Waals surface area (Å²) < 4.78 is 26.7. The lowest BCUT2D eigenvalue weighted by molar-refractivity contribution is 0.588. The molecule has 0 fully saturated rings. The quantitative estimate of drug-likeness (QED) is 0.882. The number of halogens is 2. The van der Waals surface area contributed by atoms with E-state index in [4.69, 9.17) is 5.73 Å². The zero-order chi connectivity index (χ0) is 13.1. The molecule has 18 heavy (non-hydrogen) atoms. The highest BCUT2D eigenvalue weighted by molar-refractivity contribution is 5.31. The molecule has 0 spiro atoms. The van der Waals surface area contributed by atoms with E-state index in [-0.39, 0.29) is 11.6 Å². The zero-order valence-corrected chi connectivity index (χ0v) is 10.2. The minimum absolute atomic E-state index is 0.276. The molecular formula is C15H15F2N. The first kappa shape index (κ1) is 12.7. The summed E-state index contributed by atoms with van der Waals surface area (Å²) in [5, 5.41) is 0. The van der Waals surface area contributed by atoms with Gasteiger partial charge in [-0.15, -0.1) is 0 Å². The Morgan fingerprint density at radius 3 is 2.56 bits per heavy atom. The lowest BCUT2D eigenvalue weighted by Crippen LogP contribution is -2.15. The van der Waals surface area contributed by atoms with Crippen LogP contribution in [-0.2, 0) is 6.42 Å². The van der Waals surface area contributed by atoms with Crippen LogP contribution < -0.4 is 5.73 Å². The molecule has 0 saturated carbocycles. The largest absolute Gasteiger partial charge is 0.324 e. The van der Waals surface area contributed by atoms with Crippen molar-refractivity contribution in [2.45, 2.75) is 19.4 Å². The Balaban J connectivity index is 2.25. The first-order valence-corrected chi connectivity index (χ1v) is 5.83. The van der Waals surface area contributed by atoms with Crippen LogP contribution in [0.3, 0.4) is 0 Å². The minimum Gasteiger partial charge on any atom is -0.324 e. The summed E-state index contributed by atoms with van der Waals surface area (Å²) in [6, 6.07) is 10.6. The molecule has 0 radical (unpaired) electrons. The van der Waals surface area contributed by atoms with Gasteiger partial charge in [-0.3, -0.25) is 0 Å². The molecular weight excluding hydrogens is 232 g/mol. The fourth-order valence-electron chi connectivity index (χ4n) is 2.02. The maximum atomic E-state index is 13.5. The number of aryl methyl sites for hydroxylation is 1. The molecule has 1 unspecified atom stereocenters. The van der Waals surface area contributed by atoms with Crippen LogP contribution in [0.4, 0.5) is 8.78 Å². The topological polar surface area (TPSA) is 26.0 Å². The van der Waals surface area contributed by atoms with Crippen molar-refractivity contribution < 1.29 is 8.78 Å². The highest BCUT2D eigenvalue weighted by atomic mass is 19.1. The average Bonchev–Trinajstić information content (AvgIpc) is 2.35. The highest BCUT2D eigenvalue weighted by Gasteiger charge is 2.12. The second-order valence-corrected chi connectivity index (χ2v) is 4.40. The molecule has 0 heterocycles. The van der Waals surface area contributed by atoms with Gasteiger partial charge in [0.15, 0.2) is 0 Å². The van der Waals surface area contributed by atoms with Gasteiger partial charge in [-0.2, -0.15) is 0 Å². The van der Waals surface area contributed by atoms with Gasteiger partial charge in [0.2, 0.25) is 0 Å². The molecule has 94 valence electrons. The van der Waals surface area contributed by atoms with E-state index in [2.05, 4.69) is 0 Å². The smallest absolute Gasteiger partial charge is 0.126 e. The lowest BCUT2D eigenvalue weighted by Gasteiger charge is -2.15. The molecule has 1 atom stereocenters. The predicted molar refractivity (Wildman–Crippen MR) is 68.2 cm³/mol. The van der Waals surface area contributed by atoms with Crippen LogP contribution in [0.1, 0.15) is 22.7 Å². The number of hydrogen-bond donors (Lipinski definition) is 1. The van der Waals surface area contributed by atoms with Crippen molar-refractivity contribution in [1.82, 2.24) is 0 Å². The van der Waals surface area contributed by atoms with Crippen molar-refractivity contribution in [2.24, 2.45) is 5.73 Å². The van der Waals surface area contributed by atoms with Crippen LogP contribution in [0.15, 0.2) is 42.5 Å². The van der Waals surface area contributed by atoms with E-state index in [1.807, 2.05) is 6.92 Å². The second-order valence-electron chi connectivity index (χ2n) is 4.40. The van der Waals surface area contributed by atoms with Gasteiger partial charge in [0.25, 0.3) is 0 Å². The Labute approximate surface area is 105 Å². The van der Waals surface area contributed by atoms with Gasteiger partial charge in [0.05, 0.1) is 0 Å². The van der Waals surface area contributed by atoms with Crippen LogP contribution >= 0.6 is 0 Å².